The van der Waals surface area contributed by atoms with Gasteiger partial charge in [0.15, 0.2) is 5.76 Å². The number of anilines is 1. The van der Waals surface area contributed by atoms with Crippen molar-refractivity contribution in [3.8, 4) is 17.0 Å². The van der Waals surface area contributed by atoms with Crippen LogP contribution >= 0.6 is 0 Å². The van der Waals surface area contributed by atoms with E-state index in [-0.39, 0.29) is 11.9 Å². The second kappa shape index (κ2) is 8.37. The third-order valence-electron chi connectivity index (χ3n) is 7.17. The molecule has 4 aromatic rings. The Labute approximate surface area is 204 Å². The first kappa shape index (κ1) is 21.6. The van der Waals surface area contributed by atoms with Crippen molar-refractivity contribution in [1.82, 2.24) is 24.9 Å². The molecule has 2 aromatic heterocycles. The summed E-state index contributed by atoms with van der Waals surface area (Å²) in [5.74, 6) is 1.36. The van der Waals surface area contributed by atoms with E-state index in [2.05, 4.69) is 40.2 Å². The zero-order valence-electron chi connectivity index (χ0n) is 20.2. The maximum absolute atomic E-state index is 13.7. The van der Waals surface area contributed by atoms with Crippen LogP contribution in [0.25, 0.3) is 17.0 Å². The van der Waals surface area contributed by atoms with E-state index >= 15 is 0 Å². The van der Waals surface area contributed by atoms with Gasteiger partial charge < -0.3 is 14.2 Å². The van der Waals surface area contributed by atoms with E-state index in [1.54, 1.807) is 12.4 Å². The smallest absolute Gasteiger partial charge is 0.298 e. The lowest BCUT2D eigenvalue weighted by Crippen LogP contribution is -2.65. The number of benzene rings is 2. The molecule has 0 N–H and O–H groups in total. The lowest BCUT2D eigenvalue weighted by molar-refractivity contribution is 0.0582. The molecule has 35 heavy (non-hydrogen) atoms. The zero-order valence-corrected chi connectivity index (χ0v) is 20.2. The highest BCUT2D eigenvalue weighted by molar-refractivity contribution is 5.98. The number of piperidine rings is 1. The highest BCUT2D eigenvalue weighted by Gasteiger charge is 2.46. The third kappa shape index (κ3) is 3.79. The summed E-state index contributed by atoms with van der Waals surface area (Å²) in [5, 5.41) is 8.48. The third-order valence-corrected chi connectivity index (χ3v) is 7.17. The second-order valence-corrected chi connectivity index (χ2v) is 9.64. The molecule has 2 fully saturated rings. The summed E-state index contributed by atoms with van der Waals surface area (Å²) in [6.45, 7) is 8.35. The minimum Gasteiger partial charge on any atom is -0.423 e. The van der Waals surface area contributed by atoms with Crippen LogP contribution in [-0.4, -0.2) is 56.5 Å². The van der Waals surface area contributed by atoms with E-state index in [0.717, 1.165) is 42.1 Å². The lowest BCUT2D eigenvalue weighted by Gasteiger charge is -2.52. The molecule has 0 spiro atoms. The number of likely N-dealkylation sites (tertiary alicyclic amines) is 1. The number of carbonyl (C=O) groups excluding carboxylic acids is 1. The predicted octanol–water partition coefficient (Wildman–Crippen LogP) is 4.20. The summed E-state index contributed by atoms with van der Waals surface area (Å²) in [4.78, 5) is 24.1. The molecule has 2 aromatic carbocycles. The zero-order chi connectivity index (χ0) is 24.1. The van der Waals surface area contributed by atoms with Crippen LogP contribution < -0.4 is 4.90 Å². The summed E-state index contributed by atoms with van der Waals surface area (Å²) in [7, 11) is 0. The molecule has 8 heteroatoms. The molecular weight excluding hydrogens is 440 g/mol. The highest BCUT2D eigenvalue weighted by Crippen LogP contribution is 2.39. The molecule has 8 nitrogen and oxygen atoms in total. The number of fused-ring (bicyclic) bond motifs is 1. The van der Waals surface area contributed by atoms with Gasteiger partial charge in [-0.1, -0.05) is 35.4 Å². The predicted molar refractivity (Wildman–Crippen MR) is 133 cm³/mol. The Kier molecular flexibility index (Phi) is 5.16. The SMILES string of the molecule is Cc1cccc(-c2oc(N3C[C@@H]4CCN(C(=O)c5cc(C)ccc5-n5nccn5)C[C@H]43)nc2C)c1. The van der Waals surface area contributed by atoms with Crippen LogP contribution in [0.1, 0.15) is 33.6 Å². The topological polar surface area (TPSA) is 80.3 Å². The molecule has 2 atom stereocenters. The van der Waals surface area contributed by atoms with E-state index in [9.17, 15) is 4.79 Å². The normalized spacial score (nSPS) is 19.4. The van der Waals surface area contributed by atoms with Crippen LogP contribution in [0.2, 0.25) is 0 Å². The molecule has 0 radical (unpaired) electrons. The van der Waals surface area contributed by atoms with Crippen LogP contribution in [0.4, 0.5) is 6.01 Å². The Balaban J connectivity index is 1.24. The number of aromatic nitrogens is 4. The molecule has 0 bridgehead atoms. The van der Waals surface area contributed by atoms with Crippen molar-refractivity contribution in [2.24, 2.45) is 5.92 Å². The number of hydrogen-bond acceptors (Lipinski definition) is 6. The molecule has 178 valence electrons. The van der Waals surface area contributed by atoms with Crippen LogP contribution in [0.15, 0.2) is 59.3 Å². The Hall–Kier alpha value is -3.94. The van der Waals surface area contributed by atoms with Gasteiger partial charge in [-0.05, 0) is 45.4 Å². The number of amides is 1. The first-order valence-corrected chi connectivity index (χ1v) is 12.1. The molecule has 2 aliphatic rings. The first-order valence-electron chi connectivity index (χ1n) is 12.1. The Morgan fingerprint density at radius 2 is 1.80 bits per heavy atom. The van der Waals surface area contributed by atoms with Gasteiger partial charge in [0, 0.05) is 31.1 Å². The second-order valence-electron chi connectivity index (χ2n) is 9.64. The van der Waals surface area contributed by atoms with Gasteiger partial charge >= 0.3 is 0 Å². The monoisotopic (exact) mass is 468 g/mol. The van der Waals surface area contributed by atoms with Gasteiger partial charge in [0.25, 0.3) is 11.9 Å². The maximum atomic E-state index is 13.7. The van der Waals surface area contributed by atoms with Crippen molar-refractivity contribution in [1.29, 1.82) is 0 Å². The van der Waals surface area contributed by atoms with Gasteiger partial charge in [0.2, 0.25) is 0 Å². The maximum Gasteiger partial charge on any atom is 0.298 e. The molecule has 2 saturated heterocycles. The van der Waals surface area contributed by atoms with Gasteiger partial charge in [0.05, 0.1) is 35.4 Å². The van der Waals surface area contributed by atoms with Crippen molar-refractivity contribution < 1.29 is 9.21 Å². The quantitative estimate of drug-likeness (QED) is 0.447. The van der Waals surface area contributed by atoms with Gasteiger partial charge in [-0.3, -0.25) is 4.79 Å². The summed E-state index contributed by atoms with van der Waals surface area (Å²) >= 11 is 0. The van der Waals surface area contributed by atoms with E-state index in [1.165, 1.54) is 10.4 Å². The summed E-state index contributed by atoms with van der Waals surface area (Å²) in [5.41, 5.74) is 5.46. The summed E-state index contributed by atoms with van der Waals surface area (Å²) < 4.78 is 6.26. The van der Waals surface area contributed by atoms with Crippen molar-refractivity contribution in [2.75, 3.05) is 24.5 Å². The largest absolute Gasteiger partial charge is 0.423 e. The van der Waals surface area contributed by atoms with Gasteiger partial charge in [-0.15, -0.1) is 0 Å². The van der Waals surface area contributed by atoms with Crippen LogP contribution in [-0.2, 0) is 0 Å². The van der Waals surface area contributed by atoms with Gasteiger partial charge in [-0.2, -0.15) is 20.0 Å². The van der Waals surface area contributed by atoms with Crippen molar-refractivity contribution in [3.05, 3.63) is 77.2 Å². The average Bonchev–Trinajstić information content (AvgIpc) is 3.49. The fraction of sp³-hybridized carbons (Fsp3) is 0.333. The number of nitrogens with zero attached hydrogens (tertiary/aromatic N) is 6. The fourth-order valence-corrected chi connectivity index (χ4v) is 5.27. The van der Waals surface area contributed by atoms with Gasteiger partial charge in [-0.25, -0.2) is 0 Å². The van der Waals surface area contributed by atoms with E-state index in [4.69, 9.17) is 9.40 Å². The number of hydrogen-bond donors (Lipinski definition) is 0. The number of aryl methyl sites for hydroxylation is 3. The van der Waals surface area contributed by atoms with Crippen molar-refractivity contribution in [2.45, 2.75) is 33.2 Å². The number of rotatable bonds is 4. The molecule has 6 rings (SSSR count). The van der Waals surface area contributed by atoms with Gasteiger partial charge in [0.1, 0.15) is 0 Å². The van der Waals surface area contributed by atoms with E-state index in [0.29, 0.717) is 29.7 Å². The summed E-state index contributed by atoms with van der Waals surface area (Å²) in [6.07, 6.45) is 4.21. The summed E-state index contributed by atoms with van der Waals surface area (Å²) in [6, 6.07) is 14.9. The minimum atomic E-state index is 0.00957. The fourth-order valence-electron chi connectivity index (χ4n) is 5.27. The standard InChI is InChI=1S/C27H28N6O2/c1-17-5-4-6-20(13-17)25-19(3)30-27(35-25)32-15-21-9-12-31(16-24(21)32)26(34)22-14-18(2)7-8-23(22)33-28-10-11-29-33/h4-8,10-11,13-14,21,24H,9,12,15-16H2,1-3H3/t21-,24+/m0/s1. The average molecular weight is 469 g/mol. The number of carbonyl (C=O) groups is 1. The Bertz CT molecular complexity index is 1390. The molecule has 0 saturated carbocycles. The molecule has 2 aliphatic heterocycles. The highest BCUT2D eigenvalue weighted by atomic mass is 16.4. The molecule has 0 aliphatic carbocycles. The van der Waals surface area contributed by atoms with Crippen molar-refractivity contribution >= 4 is 11.9 Å². The first-order chi connectivity index (χ1) is 17.0. The Morgan fingerprint density at radius 3 is 2.60 bits per heavy atom. The van der Waals surface area contributed by atoms with Crippen LogP contribution in [0.5, 0.6) is 0 Å². The molecule has 0 unspecified atom stereocenters. The van der Waals surface area contributed by atoms with Crippen molar-refractivity contribution in [3.63, 3.8) is 0 Å². The molecule has 1 amide bonds. The van der Waals surface area contributed by atoms with Crippen LogP contribution in [0.3, 0.4) is 0 Å². The minimum absolute atomic E-state index is 0.00957. The molecular formula is C27H28N6O2. The van der Waals surface area contributed by atoms with Crippen LogP contribution in [0, 0.1) is 26.7 Å². The molecule has 4 heterocycles. The lowest BCUT2D eigenvalue weighted by atomic mass is 9.82. The Morgan fingerprint density at radius 1 is 1.00 bits per heavy atom. The number of oxazole rings is 1. The van der Waals surface area contributed by atoms with E-state index < -0.39 is 0 Å². The van der Waals surface area contributed by atoms with E-state index in [1.807, 2.05) is 43.0 Å².